The van der Waals surface area contributed by atoms with Gasteiger partial charge in [-0.25, -0.2) is 9.59 Å². The molecule has 0 saturated carbocycles. The summed E-state index contributed by atoms with van der Waals surface area (Å²) < 4.78 is 10.1. The topological polar surface area (TPSA) is 72.8 Å². The van der Waals surface area contributed by atoms with Crippen LogP contribution in [0.15, 0.2) is 66.7 Å². The van der Waals surface area contributed by atoms with Crippen molar-refractivity contribution in [2.75, 3.05) is 13.2 Å². The number of hydrogen-bond donors (Lipinski definition) is 1. The minimum absolute atomic E-state index is 0.238. The molecule has 5 nitrogen and oxygen atoms in total. The number of hydrogen-bond acceptors (Lipinski definition) is 5. The highest BCUT2D eigenvalue weighted by Gasteiger charge is 2.17. The number of carbonyl (C=O) groups is 2. The Hall–Kier alpha value is -3.18. The Balaban J connectivity index is 1.77. The fourth-order valence-electron chi connectivity index (χ4n) is 2.82. The van der Waals surface area contributed by atoms with E-state index in [-0.39, 0.29) is 18.8 Å². The van der Waals surface area contributed by atoms with Gasteiger partial charge in [0.25, 0.3) is 0 Å². The van der Waals surface area contributed by atoms with E-state index >= 15 is 0 Å². The zero-order valence-electron chi connectivity index (χ0n) is 15.0. The van der Waals surface area contributed by atoms with E-state index in [2.05, 4.69) is 6.58 Å². The average molecular weight is 364 g/mol. The first-order valence-corrected chi connectivity index (χ1v) is 8.55. The van der Waals surface area contributed by atoms with E-state index in [4.69, 9.17) is 9.47 Å². The highest BCUT2D eigenvalue weighted by Crippen LogP contribution is 2.29. The first kappa shape index (κ1) is 18.6. The molecule has 5 heteroatoms. The van der Waals surface area contributed by atoms with Gasteiger partial charge in [-0.3, -0.25) is 0 Å². The van der Waals surface area contributed by atoms with Crippen molar-refractivity contribution in [1.82, 2.24) is 0 Å². The number of ether oxygens (including phenoxy) is 2. The standard InChI is InChI=1S/C22H20O5/c1-14(2)21(24)26-12-16(23)13-27-22(25)20-11-15-7-3-4-8-17(15)18-9-5-6-10-19(18)20/h3-11,16,23H,1,12-13H2,2H3. The normalized spacial score (nSPS) is 11.9. The Morgan fingerprint density at radius 3 is 2.26 bits per heavy atom. The largest absolute Gasteiger partial charge is 0.459 e. The average Bonchev–Trinajstić information content (AvgIpc) is 2.69. The SMILES string of the molecule is C=C(C)C(=O)OCC(O)COC(=O)c1cc2ccccc2c2ccccc12. The summed E-state index contributed by atoms with van der Waals surface area (Å²) in [6.07, 6.45) is -1.11. The van der Waals surface area contributed by atoms with Crippen LogP contribution < -0.4 is 0 Å². The molecule has 27 heavy (non-hydrogen) atoms. The first-order valence-electron chi connectivity index (χ1n) is 8.55. The second kappa shape index (κ2) is 8.01. The lowest BCUT2D eigenvalue weighted by molar-refractivity contribution is -0.142. The molecular formula is C22H20O5. The van der Waals surface area contributed by atoms with Crippen LogP contribution in [-0.2, 0) is 14.3 Å². The summed E-state index contributed by atoms with van der Waals surface area (Å²) in [6, 6.07) is 17.2. The van der Waals surface area contributed by atoms with Crippen LogP contribution in [0.1, 0.15) is 17.3 Å². The van der Waals surface area contributed by atoms with E-state index in [0.29, 0.717) is 5.56 Å². The molecule has 0 fully saturated rings. The van der Waals surface area contributed by atoms with Gasteiger partial charge in [0.05, 0.1) is 5.56 Å². The van der Waals surface area contributed by atoms with E-state index < -0.39 is 18.0 Å². The maximum absolute atomic E-state index is 12.6. The number of aliphatic hydroxyl groups excluding tert-OH is 1. The van der Waals surface area contributed by atoms with Crippen molar-refractivity contribution in [2.24, 2.45) is 0 Å². The van der Waals surface area contributed by atoms with Gasteiger partial charge < -0.3 is 14.6 Å². The van der Waals surface area contributed by atoms with E-state index in [1.807, 2.05) is 48.5 Å². The van der Waals surface area contributed by atoms with Gasteiger partial charge in [0.1, 0.15) is 19.3 Å². The van der Waals surface area contributed by atoms with E-state index in [1.165, 1.54) is 6.92 Å². The molecule has 0 bridgehead atoms. The Morgan fingerprint density at radius 2 is 1.56 bits per heavy atom. The number of esters is 2. The Kier molecular flexibility index (Phi) is 5.52. The van der Waals surface area contributed by atoms with E-state index in [1.54, 1.807) is 6.07 Å². The second-order valence-corrected chi connectivity index (χ2v) is 6.32. The van der Waals surface area contributed by atoms with E-state index in [9.17, 15) is 14.7 Å². The van der Waals surface area contributed by atoms with Crippen LogP contribution in [-0.4, -0.2) is 36.4 Å². The molecule has 0 aliphatic rings. The molecule has 1 N–H and O–H groups in total. The van der Waals surface area contributed by atoms with Gasteiger partial charge in [0, 0.05) is 5.57 Å². The predicted octanol–water partition coefficient (Wildman–Crippen LogP) is 3.63. The third-order valence-electron chi connectivity index (χ3n) is 4.15. The fraction of sp³-hybridized carbons (Fsp3) is 0.182. The summed E-state index contributed by atoms with van der Waals surface area (Å²) in [5.41, 5.74) is 0.664. The van der Waals surface area contributed by atoms with Crippen LogP contribution in [0.2, 0.25) is 0 Å². The lowest BCUT2D eigenvalue weighted by Gasteiger charge is -2.13. The highest BCUT2D eigenvalue weighted by atomic mass is 16.6. The smallest absolute Gasteiger partial charge is 0.338 e. The van der Waals surface area contributed by atoms with Crippen molar-refractivity contribution in [2.45, 2.75) is 13.0 Å². The number of rotatable bonds is 6. The summed E-state index contributed by atoms with van der Waals surface area (Å²) in [5, 5.41) is 13.6. The summed E-state index contributed by atoms with van der Waals surface area (Å²) in [7, 11) is 0. The van der Waals surface area contributed by atoms with E-state index in [0.717, 1.165) is 21.5 Å². The molecule has 1 atom stereocenters. The summed E-state index contributed by atoms with van der Waals surface area (Å²) >= 11 is 0. The molecule has 3 rings (SSSR count). The maximum Gasteiger partial charge on any atom is 0.338 e. The lowest BCUT2D eigenvalue weighted by atomic mass is 9.97. The maximum atomic E-state index is 12.6. The Morgan fingerprint density at radius 1 is 0.963 bits per heavy atom. The molecule has 0 amide bonds. The Bertz CT molecular complexity index is 1020. The fourth-order valence-corrected chi connectivity index (χ4v) is 2.82. The van der Waals surface area contributed by atoms with Gasteiger partial charge in [-0.05, 0) is 34.5 Å². The monoisotopic (exact) mass is 364 g/mol. The van der Waals surface area contributed by atoms with Crippen molar-refractivity contribution < 1.29 is 24.2 Å². The molecule has 0 aromatic heterocycles. The second-order valence-electron chi connectivity index (χ2n) is 6.32. The predicted molar refractivity (Wildman–Crippen MR) is 104 cm³/mol. The molecule has 0 radical (unpaired) electrons. The number of carbonyl (C=O) groups excluding carboxylic acids is 2. The molecule has 0 spiro atoms. The molecule has 3 aromatic carbocycles. The quantitative estimate of drug-likeness (QED) is 0.411. The summed E-state index contributed by atoms with van der Waals surface area (Å²) in [5.74, 6) is -1.14. The van der Waals surface area contributed by atoms with Crippen LogP contribution in [0.5, 0.6) is 0 Å². The zero-order chi connectivity index (χ0) is 19.4. The van der Waals surface area contributed by atoms with Gasteiger partial charge in [0.15, 0.2) is 0 Å². The molecule has 0 aliphatic heterocycles. The molecule has 138 valence electrons. The third-order valence-corrected chi connectivity index (χ3v) is 4.15. The number of aliphatic hydroxyl groups is 1. The first-order chi connectivity index (χ1) is 13.0. The Labute approximate surface area is 156 Å². The minimum Gasteiger partial charge on any atom is -0.459 e. The molecule has 0 heterocycles. The van der Waals surface area contributed by atoms with Gasteiger partial charge in [-0.1, -0.05) is 55.1 Å². The van der Waals surface area contributed by atoms with Crippen LogP contribution >= 0.6 is 0 Å². The van der Waals surface area contributed by atoms with Crippen molar-refractivity contribution in [1.29, 1.82) is 0 Å². The zero-order valence-corrected chi connectivity index (χ0v) is 15.0. The molecule has 1 unspecified atom stereocenters. The lowest BCUT2D eigenvalue weighted by Crippen LogP contribution is -2.25. The molecule has 0 aliphatic carbocycles. The molecular weight excluding hydrogens is 344 g/mol. The van der Waals surface area contributed by atoms with Crippen LogP contribution in [0.4, 0.5) is 0 Å². The van der Waals surface area contributed by atoms with Crippen LogP contribution in [0.3, 0.4) is 0 Å². The molecule has 3 aromatic rings. The minimum atomic E-state index is -1.11. The van der Waals surface area contributed by atoms with Crippen LogP contribution in [0, 0.1) is 0 Å². The summed E-state index contributed by atoms with van der Waals surface area (Å²) in [4.78, 5) is 23.9. The third kappa shape index (κ3) is 4.15. The van der Waals surface area contributed by atoms with Gasteiger partial charge in [-0.15, -0.1) is 0 Å². The van der Waals surface area contributed by atoms with Gasteiger partial charge in [0.2, 0.25) is 0 Å². The summed E-state index contributed by atoms with van der Waals surface area (Å²) in [6.45, 7) is 4.43. The highest BCUT2D eigenvalue weighted by molar-refractivity contribution is 6.15. The van der Waals surface area contributed by atoms with Gasteiger partial charge in [-0.2, -0.15) is 0 Å². The number of fused-ring (bicyclic) bond motifs is 3. The van der Waals surface area contributed by atoms with Crippen molar-refractivity contribution in [3.63, 3.8) is 0 Å². The number of benzene rings is 3. The van der Waals surface area contributed by atoms with Crippen molar-refractivity contribution in [3.05, 3.63) is 72.3 Å². The van der Waals surface area contributed by atoms with Crippen LogP contribution in [0.25, 0.3) is 21.5 Å². The van der Waals surface area contributed by atoms with Crippen molar-refractivity contribution >= 4 is 33.5 Å². The van der Waals surface area contributed by atoms with Gasteiger partial charge >= 0.3 is 11.9 Å². The van der Waals surface area contributed by atoms with Crippen molar-refractivity contribution in [3.8, 4) is 0 Å². The molecule has 0 saturated heterocycles.